The van der Waals surface area contributed by atoms with Crippen molar-refractivity contribution < 1.29 is 0 Å². The molecule has 15 heavy (non-hydrogen) atoms. The molecule has 92 valence electrons. The third-order valence-electron chi connectivity index (χ3n) is 2.00. The van der Waals surface area contributed by atoms with Gasteiger partial charge in [0.25, 0.3) is 0 Å². The van der Waals surface area contributed by atoms with Gasteiger partial charge in [-0.2, -0.15) is 0 Å². The van der Waals surface area contributed by atoms with Crippen LogP contribution < -0.4 is 0 Å². The summed E-state index contributed by atoms with van der Waals surface area (Å²) in [5.41, 5.74) is 0. The molecule has 0 nitrogen and oxygen atoms in total. The van der Waals surface area contributed by atoms with Crippen LogP contribution in [-0.4, -0.2) is 35.8 Å². The molecule has 0 aliphatic carbocycles. The van der Waals surface area contributed by atoms with E-state index in [4.69, 9.17) is 0 Å². The molecule has 0 saturated heterocycles. The van der Waals surface area contributed by atoms with Crippen LogP contribution in [0.1, 0.15) is 58.3 Å². The third-order valence-corrected chi connectivity index (χ3v) is 2.60. The van der Waals surface area contributed by atoms with Crippen molar-refractivity contribution in [1.82, 2.24) is 0 Å². The Kier molecular flexibility index (Phi) is 22.0. The molecule has 0 rings (SSSR count). The molecule has 0 heterocycles. The molecule has 0 atom stereocenters. The first-order valence-electron chi connectivity index (χ1n) is 6.50. The summed E-state index contributed by atoms with van der Waals surface area (Å²) in [4.78, 5) is 7.09. The molecule has 2 heteroatoms. The van der Waals surface area contributed by atoms with E-state index in [9.17, 15) is 0 Å². The Morgan fingerprint density at radius 1 is 0.733 bits per heavy atom. The zero-order chi connectivity index (χ0) is 11.9. The molecular weight excluding hydrogens is 354 g/mol. The SMILES string of the molecule is CCCCCCCCCC[Se].[CH3][Sn]([CH3])[CH3]. The first kappa shape index (κ1) is 18.7. The molecule has 0 aliphatic rings. The van der Waals surface area contributed by atoms with E-state index < -0.39 is 19.8 Å². The number of hydrogen-bond donors (Lipinski definition) is 0. The fourth-order valence-electron chi connectivity index (χ4n) is 1.24. The van der Waals surface area contributed by atoms with E-state index in [1.54, 1.807) is 0 Å². The van der Waals surface area contributed by atoms with Gasteiger partial charge in [0.15, 0.2) is 0 Å². The Labute approximate surface area is 114 Å². The van der Waals surface area contributed by atoms with Crippen LogP contribution in [0.15, 0.2) is 0 Å². The van der Waals surface area contributed by atoms with Crippen molar-refractivity contribution in [1.29, 1.82) is 0 Å². The Balaban J connectivity index is 0. The monoisotopic (exact) mass is 386 g/mol. The van der Waals surface area contributed by atoms with Crippen LogP contribution in [0.5, 0.6) is 0 Å². The van der Waals surface area contributed by atoms with Crippen LogP contribution in [0.4, 0.5) is 0 Å². The molecule has 0 fully saturated rings. The zero-order valence-electron chi connectivity index (χ0n) is 11.3. The van der Waals surface area contributed by atoms with Gasteiger partial charge in [0.1, 0.15) is 0 Å². The first-order valence-corrected chi connectivity index (χ1v) is 16.3. The van der Waals surface area contributed by atoms with E-state index >= 15 is 0 Å². The van der Waals surface area contributed by atoms with Crippen molar-refractivity contribution in [2.45, 2.75) is 78.4 Å². The summed E-state index contributed by atoms with van der Waals surface area (Å²) in [6.45, 7) is 2.27. The molecule has 0 aromatic carbocycles. The average molecular weight is 384 g/mol. The van der Waals surface area contributed by atoms with Crippen LogP contribution >= 0.6 is 0 Å². The maximum absolute atomic E-state index is 3.05. The fraction of sp³-hybridized carbons (Fsp3) is 1.00. The van der Waals surface area contributed by atoms with Crippen molar-refractivity contribution in [2.75, 3.05) is 0 Å². The molecular formula is C13H30SeSn. The Hall–Kier alpha value is 1.32. The van der Waals surface area contributed by atoms with Gasteiger partial charge < -0.3 is 0 Å². The third kappa shape index (κ3) is 31.3. The van der Waals surface area contributed by atoms with Gasteiger partial charge >= 0.3 is 114 Å². The Bertz CT molecular complexity index is 83.8. The maximum atomic E-state index is 3.05. The van der Waals surface area contributed by atoms with E-state index in [1.807, 2.05) is 0 Å². The van der Waals surface area contributed by atoms with E-state index in [2.05, 4.69) is 37.8 Å². The van der Waals surface area contributed by atoms with E-state index in [0.717, 1.165) is 0 Å². The van der Waals surface area contributed by atoms with Gasteiger partial charge in [0.05, 0.1) is 0 Å². The molecule has 0 saturated carbocycles. The summed E-state index contributed by atoms with van der Waals surface area (Å²) in [6.07, 6.45) is 11.4. The second-order valence-electron chi connectivity index (χ2n) is 4.68. The Morgan fingerprint density at radius 3 is 1.40 bits per heavy atom. The molecule has 2 radical (unpaired) electrons. The van der Waals surface area contributed by atoms with Gasteiger partial charge in [-0.3, -0.25) is 0 Å². The molecule has 0 N–H and O–H groups in total. The van der Waals surface area contributed by atoms with Crippen molar-refractivity contribution in [3.8, 4) is 0 Å². The Morgan fingerprint density at radius 2 is 1.07 bits per heavy atom. The summed E-state index contributed by atoms with van der Waals surface area (Å²) >= 11 is 2.51. The van der Waals surface area contributed by atoms with E-state index in [1.165, 1.54) is 56.7 Å². The molecule has 0 amide bonds. The normalized spacial score (nSPS) is 10.0. The van der Waals surface area contributed by atoms with Gasteiger partial charge in [-0.1, -0.05) is 0 Å². The molecule has 0 bridgehead atoms. The molecule has 0 unspecified atom stereocenters. The fourth-order valence-corrected chi connectivity index (χ4v) is 1.66. The van der Waals surface area contributed by atoms with Gasteiger partial charge in [0, 0.05) is 0 Å². The van der Waals surface area contributed by atoms with Crippen LogP contribution in [0.3, 0.4) is 0 Å². The second kappa shape index (κ2) is 17.7. The first-order chi connectivity index (χ1) is 7.15. The summed E-state index contributed by atoms with van der Waals surface area (Å²) in [5, 5.41) is 1.25. The predicted molar refractivity (Wildman–Crippen MR) is 76.5 cm³/mol. The van der Waals surface area contributed by atoms with Crippen molar-refractivity contribution in [3.63, 3.8) is 0 Å². The quantitative estimate of drug-likeness (QED) is 0.404. The molecule has 0 aliphatic heterocycles. The van der Waals surface area contributed by atoms with Crippen molar-refractivity contribution in [2.24, 2.45) is 0 Å². The van der Waals surface area contributed by atoms with E-state index in [-0.39, 0.29) is 0 Å². The summed E-state index contributed by atoms with van der Waals surface area (Å²) in [6, 6.07) is 0. The van der Waals surface area contributed by atoms with Gasteiger partial charge in [-0.25, -0.2) is 0 Å². The topological polar surface area (TPSA) is 0 Å². The number of rotatable bonds is 8. The standard InChI is InChI=1S/C10H21Se.3CH3.Sn/c1-2-3-4-5-6-7-8-9-10-11;;;;/h2-10H2,1H3;3*1H3;. The van der Waals surface area contributed by atoms with Crippen LogP contribution in [-0.2, 0) is 0 Å². The van der Waals surface area contributed by atoms with Crippen molar-refractivity contribution >= 4 is 35.8 Å². The molecule has 0 spiro atoms. The van der Waals surface area contributed by atoms with Crippen LogP contribution in [0.25, 0.3) is 0 Å². The van der Waals surface area contributed by atoms with Crippen molar-refractivity contribution in [3.05, 3.63) is 0 Å². The van der Waals surface area contributed by atoms with Crippen LogP contribution in [0.2, 0.25) is 20.1 Å². The zero-order valence-corrected chi connectivity index (χ0v) is 15.8. The molecule has 0 aromatic rings. The summed E-state index contributed by atoms with van der Waals surface area (Å²) in [7, 11) is 0. The minimum atomic E-state index is -0.543. The van der Waals surface area contributed by atoms with E-state index in [0.29, 0.717) is 0 Å². The number of hydrogen-bond acceptors (Lipinski definition) is 0. The average Bonchev–Trinajstić information content (AvgIpc) is 2.16. The van der Waals surface area contributed by atoms with Gasteiger partial charge in [0.2, 0.25) is 0 Å². The summed E-state index contributed by atoms with van der Waals surface area (Å²) < 4.78 is 0. The summed E-state index contributed by atoms with van der Waals surface area (Å²) in [5.74, 6) is 0. The van der Waals surface area contributed by atoms with Gasteiger partial charge in [-0.15, -0.1) is 0 Å². The van der Waals surface area contributed by atoms with Gasteiger partial charge in [-0.05, 0) is 0 Å². The molecule has 0 aromatic heterocycles. The van der Waals surface area contributed by atoms with Crippen LogP contribution in [0, 0.1) is 0 Å². The predicted octanol–water partition coefficient (Wildman–Crippen LogP) is 5.08. The second-order valence-corrected chi connectivity index (χ2v) is 14.1. The number of unbranched alkanes of at least 4 members (excludes halogenated alkanes) is 7. The minimum absolute atomic E-state index is 0.543.